The smallest absolute Gasteiger partial charge is 0.254 e. The third-order valence-corrected chi connectivity index (χ3v) is 2.43. The van der Waals surface area contributed by atoms with Crippen LogP contribution in [-0.2, 0) is 13.1 Å². The molecule has 2 heterocycles. The van der Waals surface area contributed by atoms with Crippen molar-refractivity contribution in [1.82, 2.24) is 19.1 Å². The molecule has 0 bridgehead atoms. The van der Waals surface area contributed by atoms with Crippen molar-refractivity contribution in [1.29, 1.82) is 0 Å². The summed E-state index contributed by atoms with van der Waals surface area (Å²) >= 11 is 5.60. The second-order valence-electron chi connectivity index (χ2n) is 3.40. The highest BCUT2D eigenvalue weighted by Crippen LogP contribution is 1.98. The van der Waals surface area contributed by atoms with Crippen LogP contribution in [0.3, 0.4) is 0 Å². The number of aryl methyl sites for hydroxylation is 2. The molecule has 2 aromatic heterocycles. The lowest BCUT2D eigenvalue weighted by Crippen LogP contribution is -2.20. The van der Waals surface area contributed by atoms with Gasteiger partial charge < -0.3 is 4.57 Å². The van der Waals surface area contributed by atoms with Crippen LogP contribution in [0.1, 0.15) is 6.42 Å². The lowest BCUT2D eigenvalue weighted by atomic mass is 10.4. The summed E-state index contributed by atoms with van der Waals surface area (Å²) in [4.78, 5) is 19.3. The van der Waals surface area contributed by atoms with Crippen LogP contribution in [0.4, 0.5) is 0 Å². The summed E-state index contributed by atoms with van der Waals surface area (Å²) in [6.45, 7) is 1.45. The lowest BCUT2D eigenvalue weighted by molar-refractivity contribution is 0.547. The molecule has 0 saturated carbocycles. The first-order valence-corrected chi connectivity index (χ1v) is 5.31. The van der Waals surface area contributed by atoms with Crippen LogP contribution in [0.5, 0.6) is 0 Å². The second kappa shape index (κ2) is 4.94. The zero-order chi connectivity index (χ0) is 11.4. The Bertz CT molecular complexity index is 506. The number of rotatable bonds is 4. The van der Waals surface area contributed by atoms with Crippen LogP contribution < -0.4 is 5.56 Å². The molecular weight excluding hydrogens is 228 g/mol. The van der Waals surface area contributed by atoms with Crippen molar-refractivity contribution in [3.63, 3.8) is 0 Å². The number of imidazole rings is 1. The number of nitrogens with zero attached hydrogens (tertiary/aromatic N) is 4. The Labute approximate surface area is 97.3 Å². The van der Waals surface area contributed by atoms with E-state index in [2.05, 4.69) is 9.97 Å². The zero-order valence-corrected chi connectivity index (χ0v) is 9.34. The quantitative estimate of drug-likeness (QED) is 0.752. The van der Waals surface area contributed by atoms with Gasteiger partial charge in [0.15, 0.2) is 0 Å². The molecule has 6 heteroatoms. The SMILES string of the molecule is O=c1cc(Cl)ncn1CCCn1ccnc1. The first kappa shape index (κ1) is 10.9. The summed E-state index contributed by atoms with van der Waals surface area (Å²) < 4.78 is 3.51. The van der Waals surface area contributed by atoms with Crippen LogP contribution in [0, 0.1) is 0 Å². The van der Waals surface area contributed by atoms with Crippen LogP contribution in [-0.4, -0.2) is 19.1 Å². The molecule has 2 rings (SSSR count). The van der Waals surface area contributed by atoms with Crippen molar-refractivity contribution in [3.8, 4) is 0 Å². The molecule has 0 N–H and O–H groups in total. The van der Waals surface area contributed by atoms with Crippen LogP contribution in [0.2, 0.25) is 5.15 Å². The monoisotopic (exact) mass is 238 g/mol. The number of halogens is 1. The Balaban J connectivity index is 1.92. The van der Waals surface area contributed by atoms with Gasteiger partial charge in [-0.3, -0.25) is 9.36 Å². The fourth-order valence-electron chi connectivity index (χ4n) is 1.41. The third-order valence-electron chi connectivity index (χ3n) is 2.22. The minimum absolute atomic E-state index is 0.120. The fourth-order valence-corrected chi connectivity index (χ4v) is 1.55. The van der Waals surface area contributed by atoms with Crippen molar-refractivity contribution in [3.05, 3.63) is 46.6 Å². The highest BCUT2D eigenvalue weighted by atomic mass is 35.5. The van der Waals surface area contributed by atoms with Gasteiger partial charge in [0, 0.05) is 31.5 Å². The van der Waals surface area contributed by atoms with E-state index in [1.807, 2.05) is 10.8 Å². The normalized spacial score (nSPS) is 10.6. The minimum Gasteiger partial charge on any atom is -0.337 e. The van der Waals surface area contributed by atoms with E-state index in [0.717, 1.165) is 13.0 Å². The Hall–Kier alpha value is -1.62. The molecule has 0 aliphatic rings. The summed E-state index contributed by atoms with van der Waals surface area (Å²) in [6.07, 6.45) is 7.69. The van der Waals surface area contributed by atoms with E-state index in [1.54, 1.807) is 17.1 Å². The fraction of sp³-hybridized carbons (Fsp3) is 0.300. The van der Waals surface area contributed by atoms with Gasteiger partial charge in [-0.15, -0.1) is 0 Å². The van der Waals surface area contributed by atoms with E-state index in [4.69, 9.17) is 11.6 Å². The van der Waals surface area contributed by atoms with Crippen LogP contribution in [0.25, 0.3) is 0 Å². The Morgan fingerprint density at radius 2 is 2.19 bits per heavy atom. The average molecular weight is 239 g/mol. The van der Waals surface area contributed by atoms with E-state index in [9.17, 15) is 4.79 Å². The summed E-state index contributed by atoms with van der Waals surface area (Å²) in [7, 11) is 0. The maximum atomic E-state index is 11.5. The van der Waals surface area contributed by atoms with Crippen LogP contribution >= 0.6 is 11.6 Å². The van der Waals surface area contributed by atoms with Crippen molar-refractivity contribution in [2.75, 3.05) is 0 Å². The molecule has 0 spiro atoms. The van der Waals surface area contributed by atoms with E-state index < -0.39 is 0 Å². The standard InChI is InChI=1S/C10H11ClN4O/c11-9-6-10(16)15(8-13-9)4-1-3-14-5-2-12-7-14/h2,5-8H,1,3-4H2. The van der Waals surface area contributed by atoms with E-state index >= 15 is 0 Å². The van der Waals surface area contributed by atoms with Crippen molar-refractivity contribution in [2.24, 2.45) is 0 Å². The molecule has 0 radical (unpaired) electrons. The highest BCUT2D eigenvalue weighted by molar-refractivity contribution is 6.29. The van der Waals surface area contributed by atoms with Crippen molar-refractivity contribution in [2.45, 2.75) is 19.5 Å². The van der Waals surface area contributed by atoms with E-state index in [0.29, 0.717) is 6.54 Å². The van der Waals surface area contributed by atoms with Gasteiger partial charge in [0.05, 0.1) is 12.7 Å². The molecule has 2 aromatic rings. The lowest BCUT2D eigenvalue weighted by Gasteiger charge is -2.05. The molecule has 0 fully saturated rings. The molecule has 0 aliphatic heterocycles. The zero-order valence-electron chi connectivity index (χ0n) is 8.58. The Morgan fingerprint density at radius 3 is 2.88 bits per heavy atom. The first-order chi connectivity index (χ1) is 7.75. The second-order valence-corrected chi connectivity index (χ2v) is 3.78. The number of hydrogen-bond acceptors (Lipinski definition) is 3. The van der Waals surface area contributed by atoms with Gasteiger partial charge in [0.1, 0.15) is 5.15 Å². The molecule has 0 amide bonds. The molecule has 0 unspecified atom stereocenters. The first-order valence-electron chi connectivity index (χ1n) is 4.93. The average Bonchev–Trinajstić information content (AvgIpc) is 2.74. The Morgan fingerprint density at radius 1 is 1.31 bits per heavy atom. The molecule has 5 nitrogen and oxygen atoms in total. The van der Waals surface area contributed by atoms with Crippen LogP contribution in [0.15, 0.2) is 35.9 Å². The maximum Gasteiger partial charge on any atom is 0.254 e. The van der Waals surface area contributed by atoms with Gasteiger partial charge in [-0.1, -0.05) is 11.6 Å². The number of aromatic nitrogens is 4. The third kappa shape index (κ3) is 2.70. The topological polar surface area (TPSA) is 52.7 Å². The van der Waals surface area contributed by atoms with E-state index in [1.165, 1.54) is 12.4 Å². The van der Waals surface area contributed by atoms with Gasteiger partial charge in [0.25, 0.3) is 5.56 Å². The van der Waals surface area contributed by atoms with Gasteiger partial charge in [-0.2, -0.15) is 0 Å². The van der Waals surface area contributed by atoms with Gasteiger partial charge >= 0.3 is 0 Å². The summed E-state index contributed by atoms with van der Waals surface area (Å²) in [5.74, 6) is 0. The molecule has 0 atom stereocenters. The molecule has 0 aromatic carbocycles. The summed E-state index contributed by atoms with van der Waals surface area (Å²) in [5, 5.41) is 0.232. The molecule has 84 valence electrons. The largest absolute Gasteiger partial charge is 0.337 e. The minimum atomic E-state index is -0.120. The summed E-state index contributed by atoms with van der Waals surface area (Å²) in [6, 6.07) is 1.32. The van der Waals surface area contributed by atoms with Gasteiger partial charge in [-0.05, 0) is 6.42 Å². The molecular formula is C10H11ClN4O. The summed E-state index contributed by atoms with van der Waals surface area (Å²) in [5.41, 5.74) is -0.120. The van der Waals surface area contributed by atoms with Gasteiger partial charge in [0.2, 0.25) is 0 Å². The van der Waals surface area contributed by atoms with Gasteiger partial charge in [-0.25, -0.2) is 9.97 Å². The van der Waals surface area contributed by atoms with Crippen molar-refractivity contribution >= 4 is 11.6 Å². The predicted octanol–water partition coefficient (Wildman–Crippen LogP) is 1.18. The highest BCUT2D eigenvalue weighted by Gasteiger charge is 1.98. The predicted molar refractivity (Wildman–Crippen MR) is 60.4 cm³/mol. The van der Waals surface area contributed by atoms with E-state index in [-0.39, 0.29) is 10.7 Å². The maximum absolute atomic E-state index is 11.5. The Kier molecular flexibility index (Phi) is 3.36. The molecule has 0 aliphatic carbocycles. The number of hydrogen-bond donors (Lipinski definition) is 0. The molecule has 0 saturated heterocycles. The van der Waals surface area contributed by atoms with Crippen molar-refractivity contribution < 1.29 is 0 Å². The molecule has 16 heavy (non-hydrogen) atoms.